The number of nitrogen functional groups attached to an aromatic ring is 1. The molecular weight excluding hydrogens is 260 g/mol. The van der Waals surface area contributed by atoms with Gasteiger partial charge < -0.3 is 25.2 Å². The first-order chi connectivity index (χ1) is 9.58. The van der Waals surface area contributed by atoms with Gasteiger partial charge in [0, 0.05) is 25.8 Å². The molecule has 0 bridgehead atoms. The summed E-state index contributed by atoms with van der Waals surface area (Å²) in [5.74, 6) is 0.721. The minimum Gasteiger partial charge on any atom is -0.497 e. The van der Waals surface area contributed by atoms with Crippen molar-refractivity contribution >= 4 is 11.6 Å². The highest BCUT2D eigenvalue weighted by atomic mass is 16.5. The van der Waals surface area contributed by atoms with Crippen molar-refractivity contribution in [1.82, 2.24) is 4.90 Å². The second kappa shape index (κ2) is 7.59. The number of amides is 1. The standard InChI is InChI=1S/C14H22N2O4/c1-4-16(6-5-7-17)14(18)11-8-10(19-2)9-12(20-3)13(11)15/h8-9,17H,4-7,15H2,1-3H3. The van der Waals surface area contributed by atoms with Crippen molar-refractivity contribution in [1.29, 1.82) is 0 Å². The fraction of sp³-hybridized carbons (Fsp3) is 0.500. The first-order valence-electron chi connectivity index (χ1n) is 6.50. The van der Waals surface area contributed by atoms with Gasteiger partial charge in [-0.05, 0) is 19.4 Å². The van der Waals surface area contributed by atoms with E-state index in [1.54, 1.807) is 17.0 Å². The van der Waals surface area contributed by atoms with E-state index in [-0.39, 0.29) is 12.5 Å². The Morgan fingerprint density at radius 2 is 2.05 bits per heavy atom. The fourth-order valence-electron chi connectivity index (χ4n) is 1.90. The number of hydrogen-bond acceptors (Lipinski definition) is 5. The van der Waals surface area contributed by atoms with Crippen molar-refractivity contribution in [3.05, 3.63) is 17.7 Å². The van der Waals surface area contributed by atoms with Crippen LogP contribution in [0, 0.1) is 0 Å². The molecule has 3 N–H and O–H groups in total. The van der Waals surface area contributed by atoms with Crippen LogP contribution in [-0.4, -0.2) is 49.8 Å². The van der Waals surface area contributed by atoms with Crippen LogP contribution in [0.2, 0.25) is 0 Å². The van der Waals surface area contributed by atoms with Crippen LogP contribution < -0.4 is 15.2 Å². The van der Waals surface area contributed by atoms with Crippen molar-refractivity contribution in [3.8, 4) is 11.5 Å². The predicted molar refractivity (Wildman–Crippen MR) is 77.2 cm³/mol. The summed E-state index contributed by atoms with van der Waals surface area (Å²) in [5, 5.41) is 8.88. The normalized spacial score (nSPS) is 10.2. The molecule has 6 heteroatoms. The number of ether oxygens (including phenoxy) is 2. The maximum atomic E-state index is 12.5. The molecule has 0 unspecified atom stereocenters. The fourth-order valence-corrected chi connectivity index (χ4v) is 1.90. The minimum atomic E-state index is -0.198. The van der Waals surface area contributed by atoms with Gasteiger partial charge in [-0.2, -0.15) is 0 Å². The third-order valence-corrected chi connectivity index (χ3v) is 3.06. The molecule has 0 saturated carbocycles. The molecule has 0 spiro atoms. The molecule has 0 aliphatic rings. The topological polar surface area (TPSA) is 85.0 Å². The van der Waals surface area contributed by atoms with Gasteiger partial charge in [0.1, 0.15) is 11.5 Å². The Labute approximate surface area is 119 Å². The molecule has 0 fully saturated rings. The van der Waals surface area contributed by atoms with E-state index in [9.17, 15) is 4.79 Å². The summed E-state index contributed by atoms with van der Waals surface area (Å²) >= 11 is 0. The van der Waals surface area contributed by atoms with Gasteiger partial charge in [-0.15, -0.1) is 0 Å². The third kappa shape index (κ3) is 3.54. The SMILES string of the molecule is CCN(CCCO)C(=O)c1cc(OC)cc(OC)c1N. The number of benzene rings is 1. The van der Waals surface area contributed by atoms with Crippen molar-refractivity contribution in [2.24, 2.45) is 0 Å². The maximum Gasteiger partial charge on any atom is 0.256 e. The van der Waals surface area contributed by atoms with Gasteiger partial charge in [0.05, 0.1) is 25.5 Å². The van der Waals surface area contributed by atoms with Gasteiger partial charge in [-0.25, -0.2) is 0 Å². The molecule has 0 atom stereocenters. The number of carbonyl (C=O) groups is 1. The zero-order valence-corrected chi connectivity index (χ0v) is 12.2. The van der Waals surface area contributed by atoms with Crippen LogP contribution in [0.5, 0.6) is 11.5 Å². The van der Waals surface area contributed by atoms with Gasteiger partial charge >= 0.3 is 0 Å². The van der Waals surface area contributed by atoms with Crippen LogP contribution >= 0.6 is 0 Å². The number of anilines is 1. The van der Waals surface area contributed by atoms with Gasteiger partial charge in [-0.3, -0.25) is 4.79 Å². The Morgan fingerprint density at radius 3 is 2.55 bits per heavy atom. The lowest BCUT2D eigenvalue weighted by molar-refractivity contribution is 0.0754. The van der Waals surface area contributed by atoms with Crippen LogP contribution in [0.15, 0.2) is 12.1 Å². The molecule has 0 radical (unpaired) electrons. The molecule has 0 saturated heterocycles. The lowest BCUT2D eigenvalue weighted by Crippen LogP contribution is -2.32. The number of nitrogens with zero attached hydrogens (tertiary/aromatic N) is 1. The maximum absolute atomic E-state index is 12.5. The van der Waals surface area contributed by atoms with E-state index in [0.29, 0.717) is 42.3 Å². The molecule has 112 valence electrons. The predicted octanol–water partition coefficient (Wildman–Crippen LogP) is 1.13. The second-order valence-corrected chi connectivity index (χ2v) is 4.25. The van der Waals surface area contributed by atoms with Crippen molar-refractivity contribution < 1.29 is 19.4 Å². The van der Waals surface area contributed by atoms with Crippen molar-refractivity contribution in [2.45, 2.75) is 13.3 Å². The number of aliphatic hydroxyl groups excluding tert-OH is 1. The summed E-state index contributed by atoms with van der Waals surface area (Å²) in [4.78, 5) is 14.1. The first kappa shape index (κ1) is 16.1. The van der Waals surface area contributed by atoms with E-state index in [1.165, 1.54) is 14.2 Å². The summed E-state index contributed by atoms with van der Waals surface area (Å²) in [5.41, 5.74) is 6.60. The number of hydrogen-bond donors (Lipinski definition) is 2. The average Bonchev–Trinajstić information content (AvgIpc) is 2.48. The highest BCUT2D eigenvalue weighted by Gasteiger charge is 2.20. The number of nitrogens with two attached hydrogens (primary N) is 1. The average molecular weight is 282 g/mol. The highest BCUT2D eigenvalue weighted by molar-refractivity contribution is 6.01. The van der Waals surface area contributed by atoms with E-state index < -0.39 is 0 Å². The van der Waals surface area contributed by atoms with Gasteiger partial charge in [0.15, 0.2) is 0 Å². The molecule has 1 amide bonds. The Hall–Kier alpha value is -1.95. The number of carbonyl (C=O) groups excluding carboxylic acids is 1. The quantitative estimate of drug-likeness (QED) is 0.732. The zero-order valence-electron chi connectivity index (χ0n) is 12.2. The summed E-state index contributed by atoms with van der Waals surface area (Å²) < 4.78 is 10.3. The monoisotopic (exact) mass is 282 g/mol. The number of methoxy groups -OCH3 is 2. The minimum absolute atomic E-state index is 0.0424. The molecular formula is C14H22N2O4. The largest absolute Gasteiger partial charge is 0.497 e. The molecule has 6 nitrogen and oxygen atoms in total. The van der Waals surface area contributed by atoms with Crippen LogP contribution in [0.25, 0.3) is 0 Å². The van der Waals surface area contributed by atoms with Gasteiger partial charge in [0.25, 0.3) is 5.91 Å². The summed E-state index contributed by atoms with van der Waals surface area (Å²) in [7, 11) is 3.01. The van der Waals surface area contributed by atoms with Crippen LogP contribution in [0.1, 0.15) is 23.7 Å². The Balaban J connectivity index is 3.12. The van der Waals surface area contributed by atoms with E-state index in [1.807, 2.05) is 6.92 Å². The lowest BCUT2D eigenvalue weighted by Gasteiger charge is -2.22. The van der Waals surface area contributed by atoms with E-state index >= 15 is 0 Å². The molecule has 1 rings (SSSR count). The zero-order chi connectivity index (χ0) is 15.1. The van der Waals surface area contributed by atoms with E-state index in [0.717, 1.165) is 0 Å². The van der Waals surface area contributed by atoms with Crippen LogP contribution in [0.4, 0.5) is 5.69 Å². The number of aliphatic hydroxyl groups is 1. The Morgan fingerprint density at radius 1 is 1.35 bits per heavy atom. The molecule has 0 aliphatic heterocycles. The first-order valence-corrected chi connectivity index (χ1v) is 6.50. The molecule has 0 heterocycles. The third-order valence-electron chi connectivity index (χ3n) is 3.06. The molecule has 1 aromatic carbocycles. The van der Waals surface area contributed by atoms with E-state index in [4.69, 9.17) is 20.3 Å². The Bertz CT molecular complexity index is 463. The van der Waals surface area contributed by atoms with Crippen molar-refractivity contribution in [2.75, 3.05) is 39.6 Å². The highest BCUT2D eigenvalue weighted by Crippen LogP contribution is 2.31. The van der Waals surface area contributed by atoms with Gasteiger partial charge in [-0.1, -0.05) is 0 Å². The summed E-state index contributed by atoms with van der Waals surface area (Å²) in [6.45, 7) is 2.94. The molecule has 1 aromatic rings. The molecule has 20 heavy (non-hydrogen) atoms. The van der Waals surface area contributed by atoms with Crippen molar-refractivity contribution in [3.63, 3.8) is 0 Å². The second-order valence-electron chi connectivity index (χ2n) is 4.25. The smallest absolute Gasteiger partial charge is 0.256 e. The number of rotatable bonds is 7. The summed E-state index contributed by atoms with van der Waals surface area (Å²) in [6, 6.07) is 3.23. The lowest BCUT2D eigenvalue weighted by atomic mass is 10.1. The van der Waals surface area contributed by atoms with Gasteiger partial charge in [0.2, 0.25) is 0 Å². The van der Waals surface area contributed by atoms with Crippen LogP contribution in [0.3, 0.4) is 0 Å². The summed E-state index contributed by atoms with van der Waals surface area (Å²) in [6.07, 6.45) is 0.528. The van der Waals surface area contributed by atoms with E-state index in [2.05, 4.69) is 0 Å². The Kier molecular flexibility index (Phi) is 6.11. The molecule has 0 aromatic heterocycles. The van der Waals surface area contributed by atoms with Crippen LogP contribution in [-0.2, 0) is 0 Å². The molecule has 0 aliphatic carbocycles.